The molecule has 26 heavy (non-hydrogen) atoms. The third-order valence-corrected chi connectivity index (χ3v) is 5.87. The van der Waals surface area contributed by atoms with Crippen LogP contribution in [0, 0.1) is 10.5 Å². The first-order valence-corrected chi connectivity index (χ1v) is 9.93. The topological polar surface area (TPSA) is 36.4 Å². The molecule has 0 radical (unpaired) electrons. The summed E-state index contributed by atoms with van der Waals surface area (Å²) in [5.74, 6) is 0.00243. The molecule has 0 aliphatic carbocycles. The highest BCUT2D eigenvalue weighted by Crippen LogP contribution is 2.30. The molecule has 138 valence electrons. The van der Waals surface area contributed by atoms with E-state index in [0.29, 0.717) is 6.54 Å². The van der Waals surface area contributed by atoms with Crippen molar-refractivity contribution in [3.05, 3.63) is 57.2 Å². The van der Waals surface area contributed by atoms with E-state index in [0.717, 1.165) is 31.0 Å². The number of fused-ring (bicyclic) bond motifs is 1. The van der Waals surface area contributed by atoms with Gasteiger partial charge in [-0.2, -0.15) is 0 Å². The molecule has 7 heteroatoms. The van der Waals surface area contributed by atoms with Gasteiger partial charge in [0.25, 0.3) is 5.91 Å². The van der Waals surface area contributed by atoms with E-state index in [1.165, 1.54) is 5.56 Å². The molecule has 1 amide bonds. The van der Waals surface area contributed by atoms with Crippen LogP contribution in [0.25, 0.3) is 10.2 Å². The van der Waals surface area contributed by atoms with E-state index in [-0.39, 0.29) is 18.3 Å². The second kappa shape index (κ2) is 9.12. The fourth-order valence-corrected chi connectivity index (χ4v) is 4.21. The molecule has 0 unspecified atom stereocenters. The zero-order chi connectivity index (χ0) is 18.0. The average molecular weight is 502 g/mol. The largest absolute Gasteiger partial charge is 0.308 e. The molecule has 0 saturated carbocycles. The quantitative estimate of drug-likeness (QED) is 0.470. The normalized spacial score (nSPS) is 10.8. The van der Waals surface area contributed by atoms with E-state index in [1.54, 1.807) is 16.2 Å². The molecule has 0 fully saturated rings. The van der Waals surface area contributed by atoms with Crippen molar-refractivity contribution in [3.63, 3.8) is 0 Å². The maximum atomic E-state index is 13.2. The number of halogens is 2. The highest BCUT2D eigenvalue weighted by molar-refractivity contribution is 14.1. The predicted octanol–water partition coefficient (Wildman–Crippen LogP) is 4.84. The third kappa shape index (κ3) is 4.73. The molecule has 3 rings (SSSR count). The number of likely N-dealkylation sites (N-methyl/N-ethyl adjacent to an activating group) is 1. The lowest BCUT2D eigenvalue weighted by Crippen LogP contribution is -2.37. The number of thiazole rings is 1. The molecule has 0 N–H and O–H groups in total. The van der Waals surface area contributed by atoms with Crippen LogP contribution in [0.5, 0.6) is 0 Å². The fourth-order valence-electron chi connectivity index (χ4n) is 2.50. The molecule has 1 heterocycles. The van der Waals surface area contributed by atoms with Crippen molar-refractivity contribution in [2.45, 2.75) is 6.92 Å². The minimum atomic E-state index is 0. The summed E-state index contributed by atoms with van der Waals surface area (Å²) in [5.41, 5.74) is 2.86. The van der Waals surface area contributed by atoms with Crippen molar-refractivity contribution in [2.75, 3.05) is 32.1 Å². The van der Waals surface area contributed by atoms with Gasteiger partial charge in [-0.05, 0) is 73.4 Å². The second-order valence-corrected chi connectivity index (χ2v) is 8.38. The molecule has 0 atom stereocenters. The first-order valence-electron chi connectivity index (χ1n) is 8.04. The molecule has 4 nitrogen and oxygen atoms in total. The molecule has 3 aromatic rings. The van der Waals surface area contributed by atoms with Crippen molar-refractivity contribution in [1.29, 1.82) is 0 Å². The first-order chi connectivity index (χ1) is 12.0. The van der Waals surface area contributed by atoms with E-state index < -0.39 is 0 Å². The van der Waals surface area contributed by atoms with Crippen molar-refractivity contribution in [3.8, 4) is 0 Å². The summed E-state index contributed by atoms with van der Waals surface area (Å²) in [6.07, 6.45) is 0. The Balaban J connectivity index is 0.00000243. The molecule has 0 aliphatic heterocycles. The van der Waals surface area contributed by atoms with Crippen molar-refractivity contribution < 1.29 is 4.79 Å². The van der Waals surface area contributed by atoms with Crippen molar-refractivity contribution >= 4 is 67.6 Å². The van der Waals surface area contributed by atoms with Crippen LogP contribution in [-0.2, 0) is 0 Å². The van der Waals surface area contributed by atoms with Crippen molar-refractivity contribution in [1.82, 2.24) is 9.88 Å². The summed E-state index contributed by atoms with van der Waals surface area (Å²) >= 11 is 3.79. The van der Waals surface area contributed by atoms with E-state index >= 15 is 0 Å². The van der Waals surface area contributed by atoms with Crippen LogP contribution in [0.4, 0.5) is 5.13 Å². The maximum Gasteiger partial charge on any atom is 0.261 e. The summed E-state index contributed by atoms with van der Waals surface area (Å²) in [6.45, 7) is 3.46. The van der Waals surface area contributed by atoms with E-state index in [9.17, 15) is 4.79 Å². The molecule has 0 spiro atoms. The Bertz CT molecular complexity index is 913. The lowest BCUT2D eigenvalue weighted by Gasteiger charge is -2.22. The van der Waals surface area contributed by atoms with Gasteiger partial charge >= 0.3 is 0 Å². The molecule has 2 aromatic carbocycles. The lowest BCUT2D eigenvalue weighted by atomic mass is 10.2. The van der Waals surface area contributed by atoms with Gasteiger partial charge in [-0.1, -0.05) is 29.5 Å². The highest BCUT2D eigenvalue weighted by atomic mass is 127. The summed E-state index contributed by atoms with van der Waals surface area (Å²) < 4.78 is 2.07. The summed E-state index contributed by atoms with van der Waals surface area (Å²) in [5, 5.41) is 0.757. The molecule has 1 aromatic heterocycles. The van der Waals surface area contributed by atoms with Gasteiger partial charge in [0.1, 0.15) is 0 Å². The van der Waals surface area contributed by atoms with Gasteiger partial charge < -0.3 is 4.90 Å². The number of hydrogen-bond donors (Lipinski definition) is 0. The zero-order valence-electron chi connectivity index (χ0n) is 14.9. The van der Waals surface area contributed by atoms with Crippen LogP contribution < -0.4 is 4.90 Å². The van der Waals surface area contributed by atoms with E-state index in [2.05, 4.69) is 46.5 Å². The summed E-state index contributed by atoms with van der Waals surface area (Å²) in [7, 11) is 4.02. The van der Waals surface area contributed by atoms with Crippen LogP contribution in [-0.4, -0.2) is 43.0 Å². The average Bonchev–Trinajstić information content (AvgIpc) is 2.97. The Labute approximate surface area is 177 Å². The third-order valence-electron chi connectivity index (χ3n) is 3.88. The summed E-state index contributed by atoms with van der Waals surface area (Å²) in [6, 6.07) is 13.9. The van der Waals surface area contributed by atoms with Crippen LogP contribution in [0.3, 0.4) is 0 Å². The Morgan fingerprint density at radius 1 is 1.15 bits per heavy atom. The zero-order valence-corrected chi connectivity index (χ0v) is 18.7. The summed E-state index contributed by atoms with van der Waals surface area (Å²) in [4.78, 5) is 21.8. The molecular formula is C19H21ClIN3OS. The van der Waals surface area contributed by atoms with Gasteiger partial charge in [-0.3, -0.25) is 9.69 Å². The number of nitrogens with zero attached hydrogens (tertiary/aromatic N) is 3. The number of aromatic nitrogens is 1. The number of hydrogen-bond acceptors (Lipinski definition) is 4. The Hall–Kier alpha value is -1.22. The number of benzene rings is 2. The molecular weight excluding hydrogens is 481 g/mol. The van der Waals surface area contributed by atoms with Gasteiger partial charge in [0.2, 0.25) is 0 Å². The van der Waals surface area contributed by atoms with E-state index in [1.807, 2.05) is 44.4 Å². The number of amides is 1. The molecule has 0 saturated heterocycles. The van der Waals surface area contributed by atoms with Gasteiger partial charge in [0.05, 0.1) is 15.8 Å². The Kier molecular flexibility index (Phi) is 7.40. The lowest BCUT2D eigenvalue weighted by molar-refractivity contribution is 0.0984. The molecule has 0 bridgehead atoms. The SMILES string of the molecule is Cc1ccc2nc(N(CCN(C)C)C(=O)c3ccccc3I)sc2c1.Cl. The molecule has 0 aliphatic rings. The van der Waals surface area contributed by atoms with Gasteiger partial charge in [0, 0.05) is 16.7 Å². The van der Waals surface area contributed by atoms with Crippen LogP contribution in [0.15, 0.2) is 42.5 Å². The minimum Gasteiger partial charge on any atom is -0.308 e. The smallest absolute Gasteiger partial charge is 0.261 e. The standard InChI is InChI=1S/C19H20IN3OS.ClH/c1-13-8-9-16-17(12-13)25-19(21-16)23(11-10-22(2)3)18(24)14-6-4-5-7-15(14)20;/h4-9,12H,10-11H2,1-3H3;1H. The van der Waals surface area contributed by atoms with Crippen LogP contribution in [0.2, 0.25) is 0 Å². The van der Waals surface area contributed by atoms with E-state index in [4.69, 9.17) is 4.98 Å². The number of anilines is 1. The fraction of sp³-hybridized carbons (Fsp3) is 0.263. The van der Waals surface area contributed by atoms with Crippen LogP contribution in [0.1, 0.15) is 15.9 Å². The van der Waals surface area contributed by atoms with Gasteiger partial charge in [-0.25, -0.2) is 4.98 Å². The monoisotopic (exact) mass is 501 g/mol. The number of aryl methyl sites for hydroxylation is 1. The second-order valence-electron chi connectivity index (χ2n) is 6.21. The van der Waals surface area contributed by atoms with Crippen molar-refractivity contribution in [2.24, 2.45) is 0 Å². The van der Waals surface area contributed by atoms with Gasteiger partial charge in [-0.15, -0.1) is 12.4 Å². The van der Waals surface area contributed by atoms with Gasteiger partial charge in [0.15, 0.2) is 5.13 Å². The maximum absolute atomic E-state index is 13.2. The number of rotatable bonds is 5. The number of carbonyl (C=O) groups excluding carboxylic acids is 1. The minimum absolute atomic E-state index is 0. The number of carbonyl (C=O) groups is 1. The Morgan fingerprint density at radius 3 is 2.58 bits per heavy atom. The Morgan fingerprint density at radius 2 is 1.88 bits per heavy atom. The first kappa shape index (κ1) is 21.1. The highest BCUT2D eigenvalue weighted by Gasteiger charge is 2.22. The van der Waals surface area contributed by atoms with Crippen LogP contribution >= 0.6 is 46.3 Å². The predicted molar refractivity (Wildman–Crippen MR) is 121 cm³/mol.